The molecule has 7 nitrogen and oxygen atoms in total. The summed E-state index contributed by atoms with van der Waals surface area (Å²) >= 11 is 0. The number of likely N-dealkylation sites (tertiary alicyclic amines) is 1. The van der Waals surface area contributed by atoms with E-state index in [1.807, 2.05) is 18.2 Å². The van der Waals surface area contributed by atoms with Crippen LogP contribution in [0.4, 0.5) is 10.5 Å². The number of nitrogen functional groups attached to an aromatic ring is 1. The number of urea groups is 1. The van der Waals surface area contributed by atoms with Crippen molar-refractivity contribution in [3.05, 3.63) is 24.3 Å². The van der Waals surface area contributed by atoms with E-state index in [0.717, 1.165) is 25.4 Å². The van der Waals surface area contributed by atoms with E-state index in [1.54, 1.807) is 6.07 Å². The van der Waals surface area contributed by atoms with E-state index in [9.17, 15) is 9.59 Å². The summed E-state index contributed by atoms with van der Waals surface area (Å²) in [6.07, 6.45) is 1.28. The zero-order valence-electron chi connectivity index (χ0n) is 13.2. The van der Waals surface area contributed by atoms with Crippen molar-refractivity contribution in [3.63, 3.8) is 0 Å². The molecule has 1 aromatic carbocycles. The molecule has 0 radical (unpaired) electrons. The Hall–Kier alpha value is -2.28. The quantitative estimate of drug-likeness (QED) is 0.629. The van der Waals surface area contributed by atoms with Crippen LogP contribution in [-0.2, 0) is 4.79 Å². The molecule has 0 unspecified atom stereocenters. The van der Waals surface area contributed by atoms with Crippen molar-refractivity contribution >= 4 is 17.6 Å². The standard InChI is InChI=1S/C16H22N4O3/c1-19-14(21)16(18-15(19)22)5-7-20(8-6-16)9-10-23-13-4-2-3-12(17)11-13/h2-4,11H,5-10,17H2,1H3,(H,18,22). The second-order valence-electron chi connectivity index (χ2n) is 6.14. The van der Waals surface area contributed by atoms with Crippen LogP contribution >= 0.6 is 0 Å². The van der Waals surface area contributed by atoms with Crippen LogP contribution in [0.25, 0.3) is 0 Å². The Bertz CT molecular complexity index is 611. The van der Waals surface area contributed by atoms with Gasteiger partial charge in [-0.05, 0) is 25.0 Å². The molecule has 1 spiro atoms. The zero-order chi connectivity index (χ0) is 16.4. The Morgan fingerprint density at radius 3 is 2.65 bits per heavy atom. The SMILES string of the molecule is CN1C(=O)NC2(CCN(CCOc3cccc(N)c3)CC2)C1=O. The molecular weight excluding hydrogens is 296 g/mol. The number of hydrogen-bond acceptors (Lipinski definition) is 5. The van der Waals surface area contributed by atoms with Crippen molar-refractivity contribution in [1.29, 1.82) is 0 Å². The van der Waals surface area contributed by atoms with E-state index in [2.05, 4.69) is 10.2 Å². The van der Waals surface area contributed by atoms with E-state index in [4.69, 9.17) is 10.5 Å². The number of piperidine rings is 1. The maximum Gasteiger partial charge on any atom is 0.324 e. The molecule has 7 heteroatoms. The number of amides is 3. The molecule has 0 atom stereocenters. The summed E-state index contributed by atoms with van der Waals surface area (Å²) in [6.45, 7) is 2.87. The van der Waals surface area contributed by atoms with Gasteiger partial charge in [0.25, 0.3) is 5.91 Å². The lowest BCUT2D eigenvalue weighted by Crippen LogP contribution is -2.55. The smallest absolute Gasteiger partial charge is 0.324 e. The minimum absolute atomic E-state index is 0.113. The number of carbonyl (C=O) groups is 2. The number of hydrogen-bond donors (Lipinski definition) is 2. The third-order valence-corrected chi connectivity index (χ3v) is 4.61. The van der Waals surface area contributed by atoms with Gasteiger partial charge in [0.05, 0.1) is 0 Å². The third kappa shape index (κ3) is 3.10. The van der Waals surface area contributed by atoms with Gasteiger partial charge in [0.2, 0.25) is 0 Å². The number of carbonyl (C=O) groups excluding carboxylic acids is 2. The average molecular weight is 318 g/mol. The number of imide groups is 1. The summed E-state index contributed by atoms with van der Waals surface area (Å²) in [5.41, 5.74) is 5.70. The van der Waals surface area contributed by atoms with E-state index >= 15 is 0 Å². The normalized spacial score (nSPS) is 20.8. The minimum Gasteiger partial charge on any atom is -0.492 e. The molecule has 2 aliphatic rings. The lowest BCUT2D eigenvalue weighted by molar-refractivity contribution is -0.132. The van der Waals surface area contributed by atoms with Gasteiger partial charge in [0.15, 0.2) is 0 Å². The number of nitrogens with zero attached hydrogens (tertiary/aromatic N) is 2. The number of likely N-dealkylation sites (N-methyl/N-ethyl adjacent to an activating group) is 1. The highest BCUT2D eigenvalue weighted by Crippen LogP contribution is 2.28. The lowest BCUT2D eigenvalue weighted by atomic mass is 9.87. The van der Waals surface area contributed by atoms with Gasteiger partial charge in [-0.25, -0.2) is 4.79 Å². The molecule has 0 aromatic heterocycles. The molecule has 2 aliphatic heterocycles. The van der Waals surface area contributed by atoms with Gasteiger partial charge in [-0.2, -0.15) is 0 Å². The largest absolute Gasteiger partial charge is 0.492 e. The first kappa shape index (κ1) is 15.6. The second-order valence-corrected chi connectivity index (χ2v) is 6.14. The fourth-order valence-electron chi connectivity index (χ4n) is 3.15. The predicted octanol–water partition coefficient (Wildman–Crippen LogP) is 0.664. The highest BCUT2D eigenvalue weighted by Gasteiger charge is 2.50. The van der Waals surface area contributed by atoms with Gasteiger partial charge >= 0.3 is 6.03 Å². The highest BCUT2D eigenvalue weighted by molar-refractivity contribution is 6.06. The monoisotopic (exact) mass is 318 g/mol. The van der Waals surface area contributed by atoms with Crippen molar-refractivity contribution in [1.82, 2.24) is 15.1 Å². The fourth-order valence-corrected chi connectivity index (χ4v) is 3.15. The molecule has 3 rings (SSSR count). The minimum atomic E-state index is -0.697. The van der Waals surface area contributed by atoms with Crippen molar-refractivity contribution in [3.8, 4) is 5.75 Å². The Labute approximate surface area is 135 Å². The Morgan fingerprint density at radius 2 is 2.04 bits per heavy atom. The van der Waals surface area contributed by atoms with E-state index < -0.39 is 5.54 Å². The predicted molar refractivity (Wildman–Crippen MR) is 86.1 cm³/mol. The molecule has 3 amide bonds. The molecule has 1 aromatic rings. The molecule has 0 bridgehead atoms. The molecule has 2 saturated heterocycles. The van der Waals surface area contributed by atoms with Crippen LogP contribution in [0.5, 0.6) is 5.75 Å². The Balaban J connectivity index is 1.47. The topological polar surface area (TPSA) is 87.9 Å². The molecule has 2 heterocycles. The first-order valence-corrected chi connectivity index (χ1v) is 7.81. The van der Waals surface area contributed by atoms with Gasteiger partial charge in [0, 0.05) is 38.4 Å². The Kier molecular flexibility index (Phi) is 4.12. The van der Waals surface area contributed by atoms with Gasteiger partial charge in [-0.15, -0.1) is 0 Å². The van der Waals surface area contributed by atoms with Crippen molar-refractivity contribution in [2.75, 3.05) is 39.0 Å². The molecule has 124 valence electrons. The van der Waals surface area contributed by atoms with Gasteiger partial charge in [0.1, 0.15) is 17.9 Å². The molecule has 3 N–H and O–H groups in total. The first-order chi connectivity index (χ1) is 11.0. The van der Waals surface area contributed by atoms with Crippen LogP contribution < -0.4 is 15.8 Å². The lowest BCUT2D eigenvalue weighted by Gasteiger charge is -2.37. The first-order valence-electron chi connectivity index (χ1n) is 7.81. The second kappa shape index (κ2) is 6.08. The number of rotatable bonds is 4. The maximum absolute atomic E-state index is 12.2. The third-order valence-electron chi connectivity index (χ3n) is 4.61. The van der Waals surface area contributed by atoms with Crippen LogP contribution in [0.15, 0.2) is 24.3 Å². The summed E-state index contributed by atoms with van der Waals surface area (Å²) in [6, 6.07) is 7.06. The molecule has 0 aliphatic carbocycles. The van der Waals surface area contributed by atoms with Crippen LogP contribution in [0, 0.1) is 0 Å². The molecule has 0 saturated carbocycles. The van der Waals surface area contributed by atoms with E-state index in [0.29, 0.717) is 25.1 Å². The summed E-state index contributed by atoms with van der Waals surface area (Å²) in [5, 5.41) is 2.84. The fraction of sp³-hybridized carbons (Fsp3) is 0.500. The number of benzene rings is 1. The summed E-state index contributed by atoms with van der Waals surface area (Å²) in [5.74, 6) is 0.650. The number of nitrogens with one attached hydrogen (secondary N) is 1. The molecule has 23 heavy (non-hydrogen) atoms. The average Bonchev–Trinajstić information content (AvgIpc) is 2.74. The van der Waals surface area contributed by atoms with Crippen molar-refractivity contribution in [2.45, 2.75) is 18.4 Å². The van der Waals surface area contributed by atoms with Gasteiger partial charge in [-0.1, -0.05) is 6.07 Å². The van der Waals surface area contributed by atoms with Crippen LogP contribution in [0.2, 0.25) is 0 Å². The van der Waals surface area contributed by atoms with E-state index in [-0.39, 0.29) is 11.9 Å². The zero-order valence-corrected chi connectivity index (χ0v) is 13.2. The summed E-state index contributed by atoms with van der Waals surface area (Å²) in [4.78, 5) is 27.3. The van der Waals surface area contributed by atoms with Crippen molar-refractivity contribution in [2.24, 2.45) is 0 Å². The van der Waals surface area contributed by atoms with Crippen LogP contribution in [-0.4, -0.2) is 60.6 Å². The maximum atomic E-state index is 12.2. The van der Waals surface area contributed by atoms with Crippen LogP contribution in [0.1, 0.15) is 12.8 Å². The number of ether oxygens (including phenoxy) is 1. The van der Waals surface area contributed by atoms with Crippen LogP contribution in [0.3, 0.4) is 0 Å². The summed E-state index contributed by atoms with van der Waals surface area (Å²) < 4.78 is 5.70. The number of nitrogens with two attached hydrogens (primary N) is 1. The summed E-state index contributed by atoms with van der Waals surface area (Å²) in [7, 11) is 1.53. The molecule has 2 fully saturated rings. The number of anilines is 1. The van der Waals surface area contributed by atoms with Gasteiger partial charge < -0.3 is 15.8 Å². The molecular formula is C16H22N4O3. The highest BCUT2D eigenvalue weighted by atomic mass is 16.5. The van der Waals surface area contributed by atoms with Gasteiger partial charge in [-0.3, -0.25) is 14.6 Å². The Morgan fingerprint density at radius 1 is 1.30 bits per heavy atom. The van der Waals surface area contributed by atoms with Crippen molar-refractivity contribution < 1.29 is 14.3 Å². The van der Waals surface area contributed by atoms with E-state index in [1.165, 1.54) is 11.9 Å².